The van der Waals surface area contributed by atoms with Gasteiger partial charge in [0.15, 0.2) is 0 Å². The van der Waals surface area contributed by atoms with Crippen LogP contribution in [-0.2, 0) is 7.05 Å². The van der Waals surface area contributed by atoms with Gasteiger partial charge in [-0.1, -0.05) is 0 Å². The number of nitro benzene ring substituents is 1. The number of nitro groups is 1. The summed E-state index contributed by atoms with van der Waals surface area (Å²) in [5, 5.41) is 37.0. The average Bonchev–Trinajstić information content (AvgIpc) is 2.90. The summed E-state index contributed by atoms with van der Waals surface area (Å²) >= 11 is 1.96. The molecule has 9 nitrogen and oxygen atoms in total. The Morgan fingerprint density at radius 3 is 2.54 bits per heavy atom. The minimum atomic E-state index is -1.22. The molecule has 0 bridgehead atoms. The summed E-state index contributed by atoms with van der Waals surface area (Å²) < 4.78 is 2.03. The first-order valence-electron chi connectivity index (χ1n) is 6.86. The predicted molar refractivity (Wildman–Crippen MR) is 92.3 cm³/mol. The van der Waals surface area contributed by atoms with E-state index < -0.39 is 29.6 Å². The highest BCUT2D eigenvalue weighted by molar-refractivity contribution is 14.1. The summed E-state index contributed by atoms with van der Waals surface area (Å²) in [5.41, 5.74) is 0.546. The molecule has 0 radical (unpaired) electrons. The third-order valence-corrected chi connectivity index (χ3v) is 4.24. The van der Waals surface area contributed by atoms with Crippen molar-refractivity contribution in [3.8, 4) is 0 Å². The largest absolute Gasteiger partial charge is 0.394 e. The molecule has 2 aromatic rings. The lowest BCUT2D eigenvalue weighted by Crippen LogP contribution is -2.42. The van der Waals surface area contributed by atoms with E-state index in [1.54, 1.807) is 7.05 Å². The SMILES string of the molecule is Cn1ncc(I)c1C(=O)NC(CO)C(O)c1ccc([N+](=O)[O-])cc1. The quantitative estimate of drug-likeness (QED) is 0.341. The van der Waals surface area contributed by atoms with Gasteiger partial charge in [0, 0.05) is 19.2 Å². The molecular weight excluding hydrogens is 431 g/mol. The topological polar surface area (TPSA) is 131 Å². The Balaban J connectivity index is 2.15. The summed E-state index contributed by atoms with van der Waals surface area (Å²) in [7, 11) is 1.61. The minimum absolute atomic E-state index is 0.111. The van der Waals surface area contributed by atoms with Gasteiger partial charge < -0.3 is 15.5 Å². The van der Waals surface area contributed by atoms with Crippen LogP contribution in [0.3, 0.4) is 0 Å². The lowest BCUT2D eigenvalue weighted by atomic mass is 10.0. The van der Waals surface area contributed by atoms with Crippen LogP contribution in [0, 0.1) is 13.7 Å². The molecule has 1 aromatic carbocycles. The average molecular weight is 446 g/mol. The Labute approximate surface area is 150 Å². The first kappa shape index (κ1) is 18.3. The lowest BCUT2D eigenvalue weighted by molar-refractivity contribution is -0.384. The van der Waals surface area contributed by atoms with Crippen LogP contribution >= 0.6 is 22.6 Å². The molecule has 2 unspecified atom stereocenters. The van der Waals surface area contributed by atoms with E-state index in [9.17, 15) is 25.1 Å². The van der Waals surface area contributed by atoms with Crippen LogP contribution < -0.4 is 5.32 Å². The summed E-state index contributed by atoms with van der Waals surface area (Å²) in [6, 6.07) is 4.29. The van der Waals surface area contributed by atoms with E-state index >= 15 is 0 Å². The summed E-state index contributed by atoms with van der Waals surface area (Å²) in [6.45, 7) is -0.502. The fourth-order valence-electron chi connectivity index (χ4n) is 2.15. The lowest BCUT2D eigenvalue weighted by Gasteiger charge is -2.22. The molecule has 10 heteroatoms. The highest BCUT2D eigenvalue weighted by Gasteiger charge is 2.25. The fourth-order valence-corrected chi connectivity index (χ4v) is 2.87. The van der Waals surface area contributed by atoms with E-state index in [0.717, 1.165) is 0 Å². The normalized spacial score (nSPS) is 13.3. The Bertz CT molecular complexity index is 727. The van der Waals surface area contributed by atoms with E-state index in [1.807, 2.05) is 22.6 Å². The number of amides is 1. The second-order valence-corrected chi connectivity index (χ2v) is 6.18. The van der Waals surface area contributed by atoms with Gasteiger partial charge in [0.05, 0.1) is 27.3 Å². The highest BCUT2D eigenvalue weighted by Crippen LogP contribution is 2.21. The van der Waals surface area contributed by atoms with Crippen LogP contribution in [0.4, 0.5) is 5.69 Å². The predicted octanol–water partition coefficient (Wildman–Crippen LogP) is 0.757. The molecule has 0 saturated carbocycles. The van der Waals surface area contributed by atoms with Crippen molar-refractivity contribution in [1.82, 2.24) is 15.1 Å². The van der Waals surface area contributed by atoms with Gasteiger partial charge in [-0.15, -0.1) is 0 Å². The third-order valence-electron chi connectivity index (χ3n) is 3.45. The maximum absolute atomic E-state index is 12.3. The van der Waals surface area contributed by atoms with E-state index in [-0.39, 0.29) is 5.69 Å². The number of hydrogen-bond donors (Lipinski definition) is 3. The first-order valence-corrected chi connectivity index (χ1v) is 7.94. The van der Waals surface area contributed by atoms with E-state index in [0.29, 0.717) is 14.8 Å². The van der Waals surface area contributed by atoms with Crippen LogP contribution in [0.25, 0.3) is 0 Å². The number of benzene rings is 1. The molecule has 0 saturated heterocycles. The molecule has 24 heavy (non-hydrogen) atoms. The molecule has 0 aliphatic carbocycles. The molecule has 1 aromatic heterocycles. The van der Waals surface area contributed by atoms with Crippen LogP contribution in [-0.4, -0.2) is 43.5 Å². The summed E-state index contributed by atoms with van der Waals surface area (Å²) in [4.78, 5) is 22.4. The smallest absolute Gasteiger partial charge is 0.271 e. The van der Waals surface area contributed by atoms with Gasteiger partial charge in [-0.05, 0) is 40.3 Å². The van der Waals surface area contributed by atoms with Gasteiger partial charge in [-0.3, -0.25) is 19.6 Å². The zero-order valence-corrected chi connectivity index (χ0v) is 14.7. The van der Waals surface area contributed by atoms with Crippen molar-refractivity contribution >= 4 is 34.2 Å². The van der Waals surface area contributed by atoms with Gasteiger partial charge in [-0.25, -0.2) is 0 Å². The molecule has 0 aliphatic heterocycles. The zero-order chi connectivity index (χ0) is 17.9. The molecule has 0 spiro atoms. The maximum atomic E-state index is 12.3. The number of non-ortho nitro benzene ring substituents is 1. The number of aromatic nitrogens is 2. The van der Waals surface area contributed by atoms with Crippen molar-refractivity contribution in [2.75, 3.05) is 6.61 Å². The van der Waals surface area contributed by atoms with Gasteiger partial charge in [0.2, 0.25) is 0 Å². The number of aliphatic hydroxyl groups is 2. The maximum Gasteiger partial charge on any atom is 0.271 e. The number of halogens is 1. The van der Waals surface area contributed by atoms with Crippen LogP contribution in [0.5, 0.6) is 0 Å². The number of aryl methyl sites for hydroxylation is 1. The molecular formula is C14H15IN4O5. The Morgan fingerprint density at radius 1 is 1.46 bits per heavy atom. The van der Waals surface area contributed by atoms with Crippen LogP contribution in [0.1, 0.15) is 22.2 Å². The number of nitrogens with one attached hydrogen (secondary N) is 1. The van der Waals surface area contributed by atoms with Gasteiger partial charge in [-0.2, -0.15) is 5.10 Å². The van der Waals surface area contributed by atoms with Crippen molar-refractivity contribution < 1.29 is 19.9 Å². The summed E-state index contributed by atoms with van der Waals surface area (Å²) in [5.74, 6) is -0.487. The molecule has 3 N–H and O–H groups in total. The fraction of sp³-hybridized carbons (Fsp3) is 0.286. The number of aliphatic hydroxyl groups excluding tert-OH is 2. The number of carbonyl (C=O) groups excluding carboxylic acids is 1. The van der Waals surface area contributed by atoms with Crippen LogP contribution in [0.2, 0.25) is 0 Å². The number of carbonyl (C=O) groups is 1. The van der Waals surface area contributed by atoms with Crippen molar-refractivity contribution in [2.45, 2.75) is 12.1 Å². The van der Waals surface area contributed by atoms with Gasteiger partial charge >= 0.3 is 0 Å². The number of hydrogen-bond acceptors (Lipinski definition) is 6. The van der Waals surface area contributed by atoms with Crippen molar-refractivity contribution in [2.24, 2.45) is 7.05 Å². The van der Waals surface area contributed by atoms with Gasteiger partial charge in [0.1, 0.15) is 11.8 Å². The number of rotatable bonds is 6. The molecule has 128 valence electrons. The van der Waals surface area contributed by atoms with E-state index in [2.05, 4.69) is 10.4 Å². The Kier molecular flexibility index (Phi) is 5.85. The minimum Gasteiger partial charge on any atom is -0.394 e. The van der Waals surface area contributed by atoms with Crippen molar-refractivity contribution in [1.29, 1.82) is 0 Å². The molecule has 0 aliphatic rings. The molecule has 2 atom stereocenters. The van der Waals surface area contributed by atoms with Crippen molar-refractivity contribution in [3.05, 3.63) is 55.4 Å². The second-order valence-electron chi connectivity index (χ2n) is 5.02. The van der Waals surface area contributed by atoms with E-state index in [1.165, 1.54) is 35.1 Å². The Hall–Kier alpha value is -2.05. The second kappa shape index (κ2) is 7.68. The first-order chi connectivity index (χ1) is 11.3. The van der Waals surface area contributed by atoms with Gasteiger partial charge in [0.25, 0.3) is 11.6 Å². The monoisotopic (exact) mass is 446 g/mol. The van der Waals surface area contributed by atoms with Crippen molar-refractivity contribution in [3.63, 3.8) is 0 Å². The highest BCUT2D eigenvalue weighted by atomic mass is 127. The van der Waals surface area contributed by atoms with Crippen LogP contribution in [0.15, 0.2) is 30.5 Å². The zero-order valence-electron chi connectivity index (χ0n) is 12.6. The molecule has 0 fully saturated rings. The molecule has 1 heterocycles. The molecule has 2 rings (SSSR count). The standard InChI is InChI=1S/C14H15IN4O5/c1-18-12(10(15)6-16-18)14(22)17-11(7-20)13(21)8-2-4-9(5-3-8)19(23)24/h2-6,11,13,20-21H,7H2,1H3,(H,17,22). The Morgan fingerprint density at radius 2 is 2.08 bits per heavy atom. The third kappa shape index (κ3) is 3.88. The molecule has 1 amide bonds. The van der Waals surface area contributed by atoms with E-state index in [4.69, 9.17) is 0 Å². The summed E-state index contributed by atoms with van der Waals surface area (Å²) in [6.07, 6.45) is 0.307. The number of nitrogens with zero attached hydrogens (tertiary/aromatic N) is 3.